The van der Waals surface area contributed by atoms with Gasteiger partial charge < -0.3 is 9.47 Å². The van der Waals surface area contributed by atoms with Crippen LogP contribution in [0.1, 0.15) is 25.0 Å². The predicted molar refractivity (Wildman–Crippen MR) is 143 cm³/mol. The number of anilines is 3. The summed E-state index contributed by atoms with van der Waals surface area (Å²) >= 11 is 0. The average Bonchev–Trinajstić information content (AvgIpc) is 3.24. The molecule has 0 spiro atoms. The van der Waals surface area contributed by atoms with Crippen molar-refractivity contribution in [2.75, 3.05) is 4.90 Å². The van der Waals surface area contributed by atoms with Gasteiger partial charge in [0.2, 0.25) is 0 Å². The third-order valence-electron chi connectivity index (χ3n) is 7.32. The zero-order chi connectivity index (χ0) is 23.6. The molecule has 1 aliphatic rings. The van der Waals surface area contributed by atoms with Crippen molar-refractivity contribution >= 4 is 38.9 Å². The normalized spacial score (nSPS) is 13.7. The van der Waals surface area contributed by atoms with Crippen molar-refractivity contribution in [1.82, 2.24) is 14.5 Å². The molecule has 4 heteroatoms. The number of benzene rings is 3. The Balaban J connectivity index is 1.53. The van der Waals surface area contributed by atoms with E-state index in [4.69, 9.17) is 0 Å². The van der Waals surface area contributed by atoms with Gasteiger partial charge in [0.15, 0.2) is 0 Å². The summed E-state index contributed by atoms with van der Waals surface area (Å²) in [5, 5.41) is 2.29. The summed E-state index contributed by atoms with van der Waals surface area (Å²) in [5.74, 6) is 0. The molecule has 1 aliphatic heterocycles. The van der Waals surface area contributed by atoms with Gasteiger partial charge >= 0.3 is 0 Å². The van der Waals surface area contributed by atoms with E-state index in [0.717, 1.165) is 33.4 Å². The fourth-order valence-corrected chi connectivity index (χ4v) is 5.61. The fourth-order valence-electron chi connectivity index (χ4n) is 5.61. The molecule has 0 atom stereocenters. The molecule has 35 heavy (non-hydrogen) atoms. The largest absolute Gasteiger partial charge is 0.310 e. The molecular formula is C31H24N4. The van der Waals surface area contributed by atoms with E-state index in [-0.39, 0.29) is 5.41 Å². The first-order valence-electron chi connectivity index (χ1n) is 11.9. The molecule has 0 amide bonds. The van der Waals surface area contributed by atoms with Gasteiger partial charge in [-0.3, -0.25) is 9.97 Å². The lowest BCUT2D eigenvalue weighted by Crippen LogP contribution is -2.27. The molecule has 3 aromatic heterocycles. The van der Waals surface area contributed by atoms with Crippen LogP contribution in [-0.2, 0) is 5.41 Å². The van der Waals surface area contributed by atoms with E-state index in [1.807, 2.05) is 24.8 Å². The van der Waals surface area contributed by atoms with Gasteiger partial charge in [0.05, 0.1) is 16.7 Å². The summed E-state index contributed by atoms with van der Waals surface area (Å²) in [7, 11) is 0. The highest BCUT2D eigenvalue weighted by atomic mass is 15.1. The first kappa shape index (κ1) is 20.0. The van der Waals surface area contributed by atoms with Crippen molar-refractivity contribution in [3.05, 3.63) is 121 Å². The SMILES string of the molecule is CC1(C)c2cc(N(c3ccccc3)c3ccccc3)ccc2-n2c3ccncc3c3cncc1c32. The van der Waals surface area contributed by atoms with Crippen LogP contribution in [0.4, 0.5) is 17.1 Å². The van der Waals surface area contributed by atoms with Gasteiger partial charge in [-0.2, -0.15) is 0 Å². The van der Waals surface area contributed by atoms with E-state index in [9.17, 15) is 0 Å². The molecule has 0 saturated carbocycles. The lowest BCUT2D eigenvalue weighted by atomic mass is 9.75. The number of fused-ring (bicyclic) bond motifs is 5. The Morgan fingerprint density at radius 1 is 0.657 bits per heavy atom. The van der Waals surface area contributed by atoms with E-state index in [1.54, 1.807) is 0 Å². The van der Waals surface area contributed by atoms with Gasteiger partial charge in [0.25, 0.3) is 0 Å². The van der Waals surface area contributed by atoms with Crippen LogP contribution in [0.25, 0.3) is 27.5 Å². The molecule has 0 radical (unpaired) electrons. The lowest BCUT2D eigenvalue weighted by molar-refractivity contribution is 0.627. The fraction of sp³-hybridized carbons (Fsp3) is 0.0968. The molecule has 6 aromatic rings. The van der Waals surface area contributed by atoms with Crippen LogP contribution >= 0.6 is 0 Å². The molecule has 0 saturated heterocycles. The molecular weight excluding hydrogens is 428 g/mol. The monoisotopic (exact) mass is 452 g/mol. The highest BCUT2D eigenvalue weighted by Crippen LogP contribution is 2.48. The Kier molecular flexibility index (Phi) is 4.15. The van der Waals surface area contributed by atoms with Crippen LogP contribution in [0.2, 0.25) is 0 Å². The zero-order valence-electron chi connectivity index (χ0n) is 19.7. The predicted octanol–water partition coefficient (Wildman–Crippen LogP) is 7.68. The van der Waals surface area contributed by atoms with Gasteiger partial charge in [-0.05, 0) is 54.1 Å². The molecule has 0 bridgehead atoms. The minimum absolute atomic E-state index is 0.214. The number of hydrogen-bond acceptors (Lipinski definition) is 3. The second kappa shape index (κ2) is 7.28. The first-order chi connectivity index (χ1) is 17.1. The summed E-state index contributed by atoms with van der Waals surface area (Å²) in [6, 6.07) is 30.1. The maximum Gasteiger partial charge on any atom is 0.0613 e. The Morgan fingerprint density at radius 2 is 1.34 bits per heavy atom. The Bertz CT molecular complexity index is 1680. The summed E-state index contributed by atoms with van der Waals surface area (Å²) in [5.41, 5.74) is 9.32. The van der Waals surface area contributed by atoms with Gasteiger partial charge in [-0.25, -0.2) is 0 Å². The van der Waals surface area contributed by atoms with Crippen molar-refractivity contribution < 1.29 is 0 Å². The average molecular weight is 453 g/mol. The van der Waals surface area contributed by atoms with Crippen molar-refractivity contribution in [3.8, 4) is 5.69 Å². The topological polar surface area (TPSA) is 34.0 Å². The number of para-hydroxylation sites is 2. The van der Waals surface area contributed by atoms with E-state index < -0.39 is 0 Å². The third-order valence-corrected chi connectivity index (χ3v) is 7.32. The zero-order valence-corrected chi connectivity index (χ0v) is 19.7. The molecule has 0 unspecified atom stereocenters. The summed E-state index contributed by atoms with van der Waals surface area (Å²) in [6.45, 7) is 4.61. The highest BCUT2D eigenvalue weighted by Gasteiger charge is 2.36. The van der Waals surface area contributed by atoms with Crippen molar-refractivity contribution in [1.29, 1.82) is 0 Å². The van der Waals surface area contributed by atoms with Gasteiger partial charge in [0, 0.05) is 63.6 Å². The number of pyridine rings is 2. The molecule has 4 heterocycles. The maximum absolute atomic E-state index is 4.65. The minimum Gasteiger partial charge on any atom is -0.310 e. The number of nitrogens with zero attached hydrogens (tertiary/aromatic N) is 4. The van der Waals surface area contributed by atoms with Crippen molar-refractivity contribution in [3.63, 3.8) is 0 Å². The highest BCUT2D eigenvalue weighted by molar-refractivity contribution is 6.10. The molecule has 0 fully saturated rings. The van der Waals surface area contributed by atoms with E-state index in [0.29, 0.717) is 0 Å². The molecule has 0 aliphatic carbocycles. The third kappa shape index (κ3) is 2.80. The standard InChI is InChI=1S/C31H24N4/c1-31(2)26-17-23(34(21-9-5-3-6-10-21)22-11-7-4-8-12-22)13-14-29(26)35-28-15-16-32-18-24(28)25-19-33-20-27(31)30(25)35/h3-20H,1-2H3. The quantitative estimate of drug-likeness (QED) is 0.276. The van der Waals surface area contributed by atoms with Gasteiger partial charge in [-0.15, -0.1) is 0 Å². The molecule has 168 valence electrons. The second-order valence-electron chi connectivity index (χ2n) is 9.64. The summed E-state index contributed by atoms with van der Waals surface area (Å²) in [6.07, 6.45) is 7.84. The first-order valence-corrected chi connectivity index (χ1v) is 11.9. The smallest absolute Gasteiger partial charge is 0.0613 e. The van der Waals surface area contributed by atoms with Crippen LogP contribution in [0.15, 0.2) is 110 Å². The molecule has 3 aromatic carbocycles. The van der Waals surface area contributed by atoms with E-state index >= 15 is 0 Å². The Hall–Kier alpha value is -4.44. The number of rotatable bonds is 3. The van der Waals surface area contributed by atoms with E-state index in [2.05, 4.69) is 118 Å². The lowest BCUT2D eigenvalue weighted by Gasteiger charge is -2.36. The Labute approximate surface area is 204 Å². The van der Waals surface area contributed by atoms with Crippen LogP contribution in [0, 0.1) is 0 Å². The van der Waals surface area contributed by atoms with Crippen molar-refractivity contribution in [2.24, 2.45) is 0 Å². The minimum atomic E-state index is -0.214. The van der Waals surface area contributed by atoms with Crippen LogP contribution < -0.4 is 4.90 Å². The van der Waals surface area contributed by atoms with Crippen LogP contribution in [-0.4, -0.2) is 14.5 Å². The summed E-state index contributed by atoms with van der Waals surface area (Å²) in [4.78, 5) is 11.4. The summed E-state index contributed by atoms with van der Waals surface area (Å²) < 4.78 is 2.39. The number of hydrogen-bond donors (Lipinski definition) is 0. The van der Waals surface area contributed by atoms with E-state index in [1.165, 1.54) is 22.3 Å². The molecule has 4 nitrogen and oxygen atoms in total. The molecule has 7 rings (SSSR count). The number of aromatic nitrogens is 3. The van der Waals surface area contributed by atoms with Gasteiger partial charge in [-0.1, -0.05) is 50.2 Å². The second-order valence-corrected chi connectivity index (χ2v) is 9.64. The Morgan fingerprint density at radius 3 is 2.06 bits per heavy atom. The van der Waals surface area contributed by atoms with Gasteiger partial charge in [0.1, 0.15) is 0 Å². The maximum atomic E-state index is 4.65. The van der Waals surface area contributed by atoms with Crippen LogP contribution in [0.5, 0.6) is 0 Å². The van der Waals surface area contributed by atoms with Crippen molar-refractivity contribution in [2.45, 2.75) is 19.3 Å². The van der Waals surface area contributed by atoms with Crippen LogP contribution in [0.3, 0.4) is 0 Å². The molecule has 0 N–H and O–H groups in total.